The van der Waals surface area contributed by atoms with E-state index in [1.807, 2.05) is 6.07 Å². The maximum Gasteiger partial charge on any atom is 0.313 e. The predicted molar refractivity (Wildman–Crippen MR) is 101 cm³/mol. The van der Waals surface area contributed by atoms with Gasteiger partial charge in [-0.05, 0) is 24.3 Å². The van der Waals surface area contributed by atoms with Gasteiger partial charge in [-0.2, -0.15) is 0 Å². The van der Waals surface area contributed by atoms with Crippen molar-refractivity contribution in [3.05, 3.63) is 58.1 Å². The van der Waals surface area contributed by atoms with Crippen LogP contribution in [0, 0.1) is 0 Å². The number of anilines is 1. The summed E-state index contributed by atoms with van der Waals surface area (Å²) in [5, 5.41) is 5.91. The molecule has 138 valence electrons. The van der Waals surface area contributed by atoms with E-state index in [9.17, 15) is 9.59 Å². The monoisotopic (exact) mass is 396 g/mol. The zero-order valence-electron chi connectivity index (χ0n) is 14.2. The SMILES string of the molecule is COc1ccc(Cl)cc1NC(=O)C(=O)NC[C@H](OC)c1ccccc1Cl. The first-order chi connectivity index (χ1) is 12.5. The molecule has 0 aliphatic carbocycles. The van der Waals surface area contributed by atoms with Crippen molar-refractivity contribution in [2.24, 2.45) is 0 Å². The van der Waals surface area contributed by atoms with Crippen molar-refractivity contribution in [3.8, 4) is 5.75 Å². The van der Waals surface area contributed by atoms with Crippen molar-refractivity contribution in [1.82, 2.24) is 5.32 Å². The summed E-state index contributed by atoms with van der Waals surface area (Å²) >= 11 is 12.0. The van der Waals surface area contributed by atoms with E-state index in [-0.39, 0.29) is 6.54 Å². The minimum absolute atomic E-state index is 0.0825. The van der Waals surface area contributed by atoms with Crippen LogP contribution >= 0.6 is 23.2 Å². The molecule has 0 unspecified atom stereocenters. The Labute approximate surface area is 161 Å². The summed E-state index contributed by atoms with van der Waals surface area (Å²) in [6.07, 6.45) is -0.485. The molecule has 26 heavy (non-hydrogen) atoms. The summed E-state index contributed by atoms with van der Waals surface area (Å²) in [6, 6.07) is 11.8. The highest BCUT2D eigenvalue weighted by atomic mass is 35.5. The van der Waals surface area contributed by atoms with Gasteiger partial charge in [-0.3, -0.25) is 9.59 Å². The van der Waals surface area contributed by atoms with Crippen LogP contribution in [-0.2, 0) is 14.3 Å². The zero-order valence-corrected chi connectivity index (χ0v) is 15.7. The first-order valence-electron chi connectivity index (χ1n) is 7.66. The number of methoxy groups -OCH3 is 2. The normalized spacial score (nSPS) is 11.5. The number of amides is 2. The van der Waals surface area contributed by atoms with Crippen molar-refractivity contribution >= 4 is 40.7 Å². The molecule has 6 nitrogen and oxygen atoms in total. The molecule has 2 rings (SSSR count). The highest BCUT2D eigenvalue weighted by molar-refractivity contribution is 6.40. The lowest BCUT2D eigenvalue weighted by molar-refractivity contribution is -0.136. The van der Waals surface area contributed by atoms with Crippen LogP contribution in [0.5, 0.6) is 5.75 Å². The van der Waals surface area contributed by atoms with Gasteiger partial charge in [0, 0.05) is 29.3 Å². The van der Waals surface area contributed by atoms with Gasteiger partial charge in [0.05, 0.1) is 12.8 Å². The number of hydrogen-bond acceptors (Lipinski definition) is 4. The largest absolute Gasteiger partial charge is 0.495 e. The Kier molecular flexibility index (Phi) is 7.26. The average Bonchev–Trinajstić information content (AvgIpc) is 2.63. The number of nitrogens with one attached hydrogen (secondary N) is 2. The van der Waals surface area contributed by atoms with E-state index in [1.165, 1.54) is 20.3 Å². The van der Waals surface area contributed by atoms with Crippen molar-refractivity contribution in [1.29, 1.82) is 0 Å². The van der Waals surface area contributed by atoms with Crippen molar-refractivity contribution in [2.45, 2.75) is 6.10 Å². The van der Waals surface area contributed by atoms with Crippen LogP contribution < -0.4 is 15.4 Å². The Morgan fingerprint density at radius 1 is 1.08 bits per heavy atom. The van der Waals surface area contributed by atoms with E-state index in [4.69, 9.17) is 32.7 Å². The molecule has 0 aromatic heterocycles. The minimum Gasteiger partial charge on any atom is -0.495 e. The molecule has 0 bridgehead atoms. The fourth-order valence-electron chi connectivity index (χ4n) is 2.28. The summed E-state index contributed by atoms with van der Waals surface area (Å²) in [6.45, 7) is 0.0825. The molecule has 0 radical (unpaired) electrons. The number of carbonyl (C=O) groups excluding carboxylic acids is 2. The van der Waals surface area contributed by atoms with Gasteiger partial charge in [-0.25, -0.2) is 0 Å². The Bertz CT molecular complexity index is 799. The second-order valence-corrected chi connectivity index (χ2v) is 6.10. The smallest absolute Gasteiger partial charge is 0.313 e. The fraction of sp³-hybridized carbons (Fsp3) is 0.222. The second kappa shape index (κ2) is 9.43. The van der Waals surface area contributed by atoms with E-state index in [0.29, 0.717) is 27.0 Å². The quantitative estimate of drug-likeness (QED) is 0.733. The van der Waals surface area contributed by atoms with Gasteiger partial charge in [0.1, 0.15) is 11.9 Å². The third-order valence-electron chi connectivity index (χ3n) is 3.60. The lowest BCUT2D eigenvalue weighted by Crippen LogP contribution is -2.38. The number of rotatable bonds is 6. The fourth-order valence-corrected chi connectivity index (χ4v) is 2.71. The van der Waals surface area contributed by atoms with Crippen molar-refractivity contribution < 1.29 is 19.1 Å². The standard InChI is InChI=1S/C18H18Cl2N2O4/c1-25-15-8-7-11(19)9-14(15)22-18(24)17(23)21-10-16(26-2)12-5-3-4-6-13(12)20/h3-9,16H,10H2,1-2H3,(H,21,23)(H,22,24)/t16-/m0/s1. The van der Waals surface area contributed by atoms with Crippen LogP contribution in [0.4, 0.5) is 5.69 Å². The average molecular weight is 397 g/mol. The van der Waals surface area contributed by atoms with Gasteiger partial charge in [0.2, 0.25) is 0 Å². The molecule has 0 aliphatic heterocycles. The predicted octanol–water partition coefficient (Wildman–Crippen LogP) is 3.44. The van der Waals surface area contributed by atoms with Crippen LogP contribution in [0.15, 0.2) is 42.5 Å². The maximum atomic E-state index is 12.1. The van der Waals surface area contributed by atoms with E-state index >= 15 is 0 Å². The summed E-state index contributed by atoms with van der Waals surface area (Å²) < 4.78 is 10.5. The molecule has 0 saturated carbocycles. The van der Waals surface area contributed by atoms with Crippen LogP contribution in [0.3, 0.4) is 0 Å². The molecule has 0 spiro atoms. The summed E-state index contributed by atoms with van der Waals surface area (Å²) in [5.41, 5.74) is 1.02. The van der Waals surface area contributed by atoms with Crippen LogP contribution in [-0.4, -0.2) is 32.6 Å². The van der Waals surface area contributed by atoms with Crippen LogP contribution in [0.2, 0.25) is 10.0 Å². The number of benzene rings is 2. The van der Waals surface area contributed by atoms with E-state index in [2.05, 4.69) is 10.6 Å². The lowest BCUT2D eigenvalue weighted by Gasteiger charge is -2.17. The molecule has 0 aliphatic rings. The second-order valence-electron chi connectivity index (χ2n) is 5.25. The Hall–Kier alpha value is -2.28. The van der Waals surface area contributed by atoms with Crippen LogP contribution in [0.25, 0.3) is 0 Å². The minimum atomic E-state index is -0.848. The summed E-state index contributed by atoms with van der Waals surface area (Å²) in [7, 11) is 2.95. The molecule has 0 heterocycles. The molecule has 0 saturated heterocycles. The Balaban J connectivity index is 2.00. The van der Waals surface area contributed by atoms with E-state index in [1.54, 1.807) is 30.3 Å². The van der Waals surface area contributed by atoms with Gasteiger partial charge in [-0.15, -0.1) is 0 Å². The van der Waals surface area contributed by atoms with Gasteiger partial charge in [-0.1, -0.05) is 41.4 Å². The molecule has 1 atom stereocenters. The van der Waals surface area contributed by atoms with E-state index < -0.39 is 17.9 Å². The molecule has 2 aromatic carbocycles. The highest BCUT2D eigenvalue weighted by Gasteiger charge is 2.19. The third-order valence-corrected chi connectivity index (χ3v) is 4.18. The number of hydrogen-bond donors (Lipinski definition) is 2. The van der Waals surface area contributed by atoms with E-state index in [0.717, 1.165) is 0 Å². The molecular weight excluding hydrogens is 379 g/mol. The van der Waals surface area contributed by atoms with Crippen molar-refractivity contribution in [2.75, 3.05) is 26.1 Å². The Morgan fingerprint density at radius 3 is 2.46 bits per heavy atom. The van der Waals surface area contributed by atoms with Gasteiger partial charge in [0.25, 0.3) is 0 Å². The first-order valence-corrected chi connectivity index (χ1v) is 8.41. The molecule has 2 amide bonds. The number of halogens is 2. The zero-order chi connectivity index (χ0) is 19.1. The highest BCUT2D eigenvalue weighted by Crippen LogP contribution is 2.27. The molecule has 0 fully saturated rings. The lowest BCUT2D eigenvalue weighted by atomic mass is 10.1. The number of ether oxygens (including phenoxy) is 2. The van der Waals surface area contributed by atoms with Crippen LogP contribution in [0.1, 0.15) is 11.7 Å². The van der Waals surface area contributed by atoms with Gasteiger partial charge < -0.3 is 20.1 Å². The molecule has 8 heteroatoms. The third kappa shape index (κ3) is 5.11. The Morgan fingerprint density at radius 2 is 1.81 bits per heavy atom. The molecular formula is C18H18Cl2N2O4. The topological polar surface area (TPSA) is 76.7 Å². The molecule has 2 N–H and O–H groups in total. The molecule has 2 aromatic rings. The maximum absolute atomic E-state index is 12.1. The van der Waals surface area contributed by atoms with Crippen molar-refractivity contribution in [3.63, 3.8) is 0 Å². The number of carbonyl (C=O) groups is 2. The summed E-state index contributed by atoms with van der Waals surface area (Å²) in [4.78, 5) is 24.2. The summed E-state index contributed by atoms with van der Waals surface area (Å²) in [5.74, 6) is -1.28. The first kappa shape index (κ1) is 20.0. The van der Waals surface area contributed by atoms with Gasteiger partial charge >= 0.3 is 11.8 Å². The van der Waals surface area contributed by atoms with Gasteiger partial charge in [0.15, 0.2) is 0 Å².